The van der Waals surface area contributed by atoms with Crippen molar-refractivity contribution in [1.82, 2.24) is 0 Å². The van der Waals surface area contributed by atoms with Crippen LogP contribution in [0, 0.1) is 0 Å². The van der Waals surface area contributed by atoms with E-state index in [0.29, 0.717) is 0 Å². The lowest BCUT2D eigenvalue weighted by atomic mass is 10.1. The Morgan fingerprint density at radius 3 is 2.56 bits per heavy atom. The number of rotatable bonds is 5. The van der Waals surface area contributed by atoms with Crippen LogP contribution in [0.3, 0.4) is 0 Å². The lowest BCUT2D eigenvalue weighted by molar-refractivity contribution is -0.141. The first-order chi connectivity index (χ1) is 7.67. The summed E-state index contributed by atoms with van der Waals surface area (Å²) in [5, 5.41) is 3.16. The third-order valence-corrected chi connectivity index (χ3v) is 2.78. The molecule has 16 heavy (non-hydrogen) atoms. The maximum atomic E-state index is 11.5. The average molecular weight is 286 g/mol. The summed E-state index contributed by atoms with van der Waals surface area (Å²) in [5.74, 6) is -0.218. The van der Waals surface area contributed by atoms with Gasteiger partial charge in [-0.2, -0.15) is 0 Å². The zero-order valence-corrected chi connectivity index (χ0v) is 11.1. The Labute approximate surface area is 104 Å². The fourth-order valence-corrected chi connectivity index (χ4v) is 1.69. The largest absolute Gasteiger partial charge is 0.467 e. The maximum absolute atomic E-state index is 11.5. The molecule has 0 amide bonds. The number of nitrogens with one attached hydrogen (secondary N) is 1. The second kappa shape index (κ2) is 6.53. The first kappa shape index (κ1) is 13.0. The summed E-state index contributed by atoms with van der Waals surface area (Å²) in [7, 11) is 1.41. The van der Waals surface area contributed by atoms with Crippen molar-refractivity contribution in [3.05, 3.63) is 28.7 Å². The molecule has 0 saturated heterocycles. The smallest absolute Gasteiger partial charge is 0.328 e. The van der Waals surface area contributed by atoms with E-state index in [2.05, 4.69) is 21.2 Å². The first-order valence-corrected chi connectivity index (χ1v) is 6.06. The molecule has 1 N–H and O–H groups in total. The molecule has 0 spiro atoms. The van der Waals surface area contributed by atoms with E-state index >= 15 is 0 Å². The SMILES string of the molecule is CCCC(Nc1ccc(Br)cc1)C(=O)OC. The Kier molecular flexibility index (Phi) is 5.32. The van der Waals surface area contributed by atoms with Gasteiger partial charge in [0, 0.05) is 10.2 Å². The zero-order chi connectivity index (χ0) is 12.0. The minimum atomic E-state index is -0.267. The van der Waals surface area contributed by atoms with Gasteiger partial charge in [0.25, 0.3) is 0 Å². The van der Waals surface area contributed by atoms with Gasteiger partial charge in [0.15, 0.2) is 0 Å². The van der Waals surface area contributed by atoms with Gasteiger partial charge in [-0.05, 0) is 30.7 Å². The molecule has 0 aliphatic carbocycles. The summed E-state index contributed by atoms with van der Waals surface area (Å²) in [5.41, 5.74) is 0.923. The highest BCUT2D eigenvalue weighted by Gasteiger charge is 2.17. The minimum Gasteiger partial charge on any atom is -0.467 e. The summed E-state index contributed by atoms with van der Waals surface area (Å²) in [6.07, 6.45) is 1.70. The second-order valence-electron chi connectivity index (χ2n) is 3.52. The lowest BCUT2D eigenvalue weighted by Gasteiger charge is -2.16. The molecular formula is C12H16BrNO2. The average Bonchev–Trinajstić information content (AvgIpc) is 2.30. The number of halogens is 1. The summed E-state index contributed by atoms with van der Waals surface area (Å²) >= 11 is 3.37. The van der Waals surface area contributed by atoms with E-state index in [4.69, 9.17) is 4.74 Å². The van der Waals surface area contributed by atoms with Crippen molar-refractivity contribution in [3.63, 3.8) is 0 Å². The number of ether oxygens (including phenoxy) is 1. The van der Waals surface area contributed by atoms with Gasteiger partial charge in [-0.1, -0.05) is 29.3 Å². The summed E-state index contributed by atoms with van der Waals surface area (Å²) in [6, 6.07) is 7.45. The Morgan fingerprint density at radius 2 is 2.06 bits per heavy atom. The van der Waals surface area contributed by atoms with E-state index in [-0.39, 0.29) is 12.0 Å². The molecule has 0 heterocycles. The number of benzene rings is 1. The standard InChI is InChI=1S/C12H16BrNO2/c1-3-4-11(12(15)16-2)14-10-7-5-9(13)6-8-10/h5-8,11,14H,3-4H2,1-2H3. The Morgan fingerprint density at radius 1 is 1.44 bits per heavy atom. The molecule has 0 fully saturated rings. The van der Waals surface area contributed by atoms with Crippen molar-refractivity contribution in [2.24, 2.45) is 0 Å². The van der Waals surface area contributed by atoms with Crippen LogP contribution in [0.1, 0.15) is 19.8 Å². The molecule has 1 unspecified atom stereocenters. The molecule has 0 bridgehead atoms. The van der Waals surface area contributed by atoms with Gasteiger partial charge in [-0.25, -0.2) is 4.79 Å². The van der Waals surface area contributed by atoms with Gasteiger partial charge < -0.3 is 10.1 Å². The summed E-state index contributed by atoms with van der Waals surface area (Å²) < 4.78 is 5.77. The molecule has 0 aromatic heterocycles. The highest BCUT2D eigenvalue weighted by Crippen LogP contribution is 2.16. The number of esters is 1. The van der Waals surface area contributed by atoms with Gasteiger partial charge >= 0.3 is 5.97 Å². The van der Waals surface area contributed by atoms with E-state index in [0.717, 1.165) is 23.0 Å². The minimum absolute atomic E-state index is 0.218. The van der Waals surface area contributed by atoms with Crippen LogP contribution in [0.2, 0.25) is 0 Å². The molecule has 0 radical (unpaired) electrons. The number of hydrogen-bond acceptors (Lipinski definition) is 3. The molecular weight excluding hydrogens is 270 g/mol. The first-order valence-electron chi connectivity index (χ1n) is 5.27. The van der Waals surface area contributed by atoms with Crippen LogP contribution in [-0.2, 0) is 9.53 Å². The molecule has 0 aliphatic heterocycles. The molecule has 1 rings (SSSR count). The van der Waals surface area contributed by atoms with Crippen LogP contribution < -0.4 is 5.32 Å². The molecule has 1 aromatic rings. The second-order valence-corrected chi connectivity index (χ2v) is 4.43. The number of anilines is 1. The zero-order valence-electron chi connectivity index (χ0n) is 9.50. The van der Waals surface area contributed by atoms with E-state index in [1.54, 1.807) is 0 Å². The lowest BCUT2D eigenvalue weighted by Crippen LogP contribution is -2.30. The monoisotopic (exact) mass is 285 g/mol. The predicted molar refractivity (Wildman–Crippen MR) is 68.5 cm³/mol. The van der Waals surface area contributed by atoms with E-state index in [1.165, 1.54) is 7.11 Å². The van der Waals surface area contributed by atoms with E-state index in [1.807, 2.05) is 31.2 Å². The van der Waals surface area contributed by atoms with E-state index in [9.17, 15) is 4.79 Å². The van der Waals surface area contributed by atoms with Gasteiger partial charge in [0.2, 0.25) is 0 Å². The van der Waals surface area contributed by atoms with Crippen molar-refractivity contribution in [2.45, 2.75) is 25.8 Å². The van der Waals surface area contributed by atoms with Gasteiger partial charge in [-0.15, -0.1) is 0 Å². The van der Waals surface area contributed by atoms with Crippen LogP contribution in [0.5, 0.6) is 0 Å². The van der Waals surface area contributed by atoms with Crippen molar-refractivity contribution >= 4 is 27.6 Å². The fraction of sp³-hybridized carbons (Fsp3) is 0.417. The Hall–Kier alpha value is -1.03. The summed E-state index contributed by atoms with van der Waals surface area (Å²) in [4.78, 5) is 11.5. The van der Waals surface area contributed by atoms with Crippen molar-refractivity contribution in [2.75, 3.05) is 12.4 Å². The third-order valence-electron chi connectivity index (χ3n) is 2.25. The predicted octanol–water partition coefficient (Wildman–Crippen LogP) is 3.20. The number of methoxy groups -OCH3 is 1. The highest BCUT2D eigenvalue weighted by molar-refractivity contribution is 9.10. The topological polar surface area (TPSA) is 38.3 Å². The Balaban J connectivity index is 2.67. The quantitative estimate of drug-likeness (QED) is 0.845. The van der Waals surface area contributed by atoms with Crippen LogP contribution in [0.4, 0.5) is 5.69 Å². The number of carbonyl (C=O) groups excluding carboxylic acids is 1. The molecule has 88 valence electrons. The molecule has 0 aliphatic rings. The number of hydrogen-bond donors (Lipinski definition) is 1. The van der Waals surface area contributed by atoms with Crippen LogP contribution in [-0.4, -0.2) is 19.1 Å². The maximum Gasteiger partial charge on any atom is 0.328 e. The van der Waals surface area contributed by atoms with E-state index < -0.39 is 0 Å². The van der Waals surface area contributed by atoms with Gasteiger partial charge in [0.1, 0.15) is 6.04 Å². The third kappa shape index (κ3) is 3.85. The molecule has 1 atom stereocenters. The van der Waals surface area contributed by atoms with Crippen molar-refractivity contribution < 1.29 is 9.53 Å². The van der Waals surface area contributed by atoms with Gasteiger partial charge in [0.05, 0.1) is 7.11 Å². The number of carbonyl (C=O) groups is 1. The molecule has 3 nitrogen and oxygen atoms in total. The fourth-order valence-electron chi connectivity index (χ4n) is 1.43. The molecule has 1 aromatic carbocycles. The van der Waals surface area contributed by atoms with Crippen LogP contribution >= 0.6 is 15.9 Å². The Bertz CT molecular complexity index is 337. The van der Waals surface area contributed by atoms with Crippen LogP contribution in [0.25, 0.3) is 0 Å². The highest BCUT2D eigenvalue weighted by atomic mass is 79.9. The van der Waals surface area contributed by atoms with Crippen LogP contribution in [0.15, 0.2) is 28.7 Å². The summed E-state index contributed by atoms with van der Waals surface area (Å²) in [6.45, 7) is 2.04. The van der Waals surface area contributed by atoms with Gasteiger partial charge in [-0.3, -0.25) is 0 Å². The molecule has 4 heteroatoms. The van der Waals surface area contributed by atoms with Crippen molar-refractivity contribution in [3.8, 4) is 0 Å². The van der Waals surface area contributed by atoms with Crippen molar-refractivity contribution in [1.29, 1.82) is 0 Å². The molecule has 0 saturated carbocycles. The normalized spacial score (nSPS) is 11.9.